The molecule has 0 radical (unpaired) electrons. The van der Waals surface area contributed by atoms with Crippen LogP contribution in [0.3, 0.4) is 0 Å². The third kappa shape index (κ3) is 6.54. The fraction of sp³-hybridized carbons (Fsp3) is 0.0645. The molecule has 15 heteroatoms. The number of carbonyl (C=O) groups is 5. The summed E-state index contributed by atoms with van der Waals surface area (Å²) in [7, 11) is 1.48. The number of nitrogens with zero attached hydrogens (tertiary/aromatic N) is 2. The molecular formula is C31H16Br4Cl2N2O7. The maximum absolute atomic E-state index is 13.9. The van der Waals surface area contributed by atoms with Gasteiger partial charge >= 0.3 is 5.97 Å². The first-order valence-electron chi connectivity index (χ1n) is 12.8. The first-order chi connectivity index (χ1) is 21.8. The van der Waals surface area contributed by atoms with E-state index >= 15 is 0 Å². The second-order valence-corrected chi connectivity index (χ2v) is 13.5. The van der Waals surface area contributed by atoms with E-state index in [1.165, 1.54) is 55.6 Å². The molecule has 0 spiro atoms. The lowest BCUT2D eigenvalue weighted by molar-refractivity contribution is 0.00527. The average Bonchev–Trinajstić information content (AvgIpc) is 3.30. The molecule has 0 fully saturated rings. The summed E-state index contributed by atoms with van der Waals surface area (Å²) in [4.78, 5) is 67.7. The van der Waals surface area contributed by atoms with E-state index in [-0.39, 0.29) is 52.6 Å². The molecule has 1 heterocycles. The number of fused-ring (bicyclic) bond motifs is 1. The van der Waals surface area contributed by atoms with Gasteiger partial charge < -0.3 is 9.47 Å². The SMILES string of the molecule is COc1cccc(C(=O)Oc2ccc(C(=O)CN(C(=O)c3ccc(Cl)cc3Cl)N3C(=O)c4c(Br)c(Br)c(Br)c(Br)c4C3=O)cc2)c1. The Morgan fingerprint density at radius 1 is 0.761 bits per heavy atom. The van der Waals surface area contributed by atoms with Crippen molar-refractivity contribution in [3.63, 3.8) is 0 Å². The summed E-state index contributed by atoms with van der Waals surface area (Å²) < 4.78 is 12.0. The summed E-state index contributed by atoms with van der Waals surface area (Å²) in [6, 6.07) is 16.1. The number of ether oxygens (including phenoxy) is 2. The van der Waals surface area contributed by atoms with E-state index in [1.54, 1.807) is 18.2 Å². The fourth-order valence-electron chi connectivity index (χ4n) is 4.44. The van der Waals surface area contributed by atoms with Gasteiger partial charge in [-0.3, -0.25) is 19.2 Å². The zero-order valence-electron chi connectivity index (χ0n) is 23.1. The highest BCUT2D eigenvalue weighted by Crippen LogP contribution is 2.45. The Hall–Kier alpha value is -3.07. The number of carbonyl (C=O) groups excluding carboxylic acids is 5. The highest BCUT2D eigenvalue weighted by atomic mass is 79.9. The van der Waals surface area contributed by atoms with Crippen molar-refractivity contribution in [3.05, 3.63) is 122 Å². The number of hydrazine groups is 1. The minimum absolute atomic E-state index is 0.0263. The normalized spacial score (nSPS) is 12.2. The molecule has 0 aliphatic carbocycles. The van der Waals surface area contributed by atoms with Crippen LogP contribution in [0.25, 0.3) is 0 Å². The molecule has 1 aliphatic heterocycles. The van der Waals surface area contributed by atoms with Crippen molar-refractivity contribution < 1.29 is 33.4 Å². The molecule has 234 valence electrons. The van der Waals surface area contributed by atoms with Crippen LogP contribution in [0.15, 0.2) is 84.6 Å². The van der Waals surface area contributed by atoms with Gasteiger partial charge in [-0.25, -0.2) is 9.80 Å². The molecule has 1 aliphatic rings. The molecular weight excluding hydrogens is 903 g/mol. The van der Waals surface area contributed by atoms with Crippen LogP contribution in [0.2, 0.25) is 10.0 Å². The number of ketones is 1. The molecule has 9 nitrogen and oxygen atoms in total. The van der Waals surface area contributed by atoms with Crippen molar-refractivity contribution in [3.8, 4) is 11.5 Å². The van der Waals surface area contributed by atoms with Gasteiger partial charge in [0.25, 0.3) is 17.7 Å². The maximum atomic E-state index is 13.9. The molecule has 0 N–H and O–H groups in total. The lowest BCUT2D eigenvalue weighted by Gasteiger charge is -2.29. The zero-order chi connectivity index (χ0) is 33.4. The summed E-state index contributed by atoms with van der Waals surface area (Å²) in [6.45, 7) is -0.732. The van der Waals surface area contributed by atoms with Crippen molar-refractivity contribution in [1.82, 2.24) is 10.0 Å². The van der Waals surface area contributed by atoms with E-state index in [0.29, 0.717) is 19.7 Å². The summed E-state index contributed by atoms with van der Waals surface area (Å²) in [5, 5.41) is 1.54. The summed E-state index contributed by atoms with van der Waals surface area (Å²) in [5.41, 5.74) is 0.206. The number of imide groups is 1. The quantitative estimate of drug-likeness (QED) is 0.0434. The van der Waals surface area contributed by atoms with E-state index in [0.717, 1.165) is 5.01 Å². The van der Waals surface area contributed by atoms with Gasteiger partial charge in [0, 0.05) is 28.5 Å². The third-order valence-electron chi connectivity index (χ3n) is 6.70. The van der Waals surface area contributed by atoms with E-state index in [4.69, 9.17) is 32.7 Å². The van der Waals surface area contributed by atoms with Crippen molar-refractivity contribution in [2.45, 2.75) is 0 Å². The largest absolute Gasteiger partial charge is 0.497 e. The number of benzene rings is 4. The lowest BCUT2D eigenvalue weighted by atomic mass is 10.1. The molecule has 0 saturated carbocycles. The predicted octanol–water partition coefficient (Wildman–Crippen LogP) is 8.81. The number of amides is 3. The van der Waals surface area contributed by atoms with E-state index in [2.05, 4.69) is 63.7 Å². The molecule has 0 atom stereocenters. The van der Waals surface area contributed by atoms with Crippen LogP contribution < -0.4 is 9.47 Å². The van der Waals surface area contributed by atoms with E-state index < -0.39 is 36.0 Å². The Labute approximate surface area is 305 Å². The molecule has 0 bridgehead atoms. The van der Waals surface area contributed by atoms with Crippen LogP contribution in [0.4, 0.5) is 0 Å². The van der Waals surface area contributed by atoms with Gasteiger partial charge in [0.1, 0.15) is 18.0 Å². The number of methoxy groups -OCH3 is 1. The first-order valence-corrected chi connectivity index (χ1v) is 16.8. The summed E-state index contributed by atoms with van der Waals surface area (Å²) >= 11 is 25.8. The van der Waals surface area contributed by atoms with E-state index in [1.807, 2.05) is 0 Å². The Kier molecular flexibility index (Phi) is 10.4. The van der Waals surface area contributed by atoms with Crippen LogP contribution in [0.1, 0.15) is 51.8 Å². The summed E-state index contributed by atoms with van der Waals surface area (Å²) in [6.07, 6.45) is 0. The van der Waals surface area contributed by atoms with Crippen molar-refractivity contribution in [2.24, 2.45) is 0 Å². The molecule has 4 aromatic rings. The number of esters is 1. The van der Waals surface area contributed by atoms with E-state index in [9.17, 15) is 24.0 Å². The summed E-state index contributed by atoms with van der Waals surface area (Å²) in [5.74, 6) is -3.27. The van der Waals surface area contributed by atoms with Crippen molar-refractivity contribution >= 4 is 116 Å². The van der Waals surface area contributed by atoms with Gasteiger partial charge in [0.2, 0.25) is 0 Å². The van der Waals surface area contributed by atoms with Crippen LogP contribution >= 0.6 is 86.9 Å². The van der Waals surface area contributed by atoms with Crippen molar-refractivity contribution in [2.75, 3.05) is 13.7 Å². The smallest absolute Gasteiger partial charge is 0.343 e. The maximum Gasteiger partial charge on any atom is 0.343 e. The standard InChI is InChI=1S/C31H16Br4Cl2N2O7/c1-45-18-4-2-3-15(11-18)31(44)46-17-8-5-14(6-9-17)21(40)13-38(28(41)19-10-7-16(36)12-20(19)37)39-29(42)22-23(30(39)43)25(33)27(35)26(34)24(22)32/h2-12H,13H2,1H3. The molecule has 0 aromatic heterocycles. The lowest BCUT2D eigenvalue weighted by Crippen LogP contribution is -2.51. The Morgan fingerprint density at radius 3 is 1.93 bits per heavy atom. The minimum Gasteiger partial charge on any atom is -0.497 e. The second-order valence-electron chi connectivity index (χ2n) is 9.48. The second kappa shape index (κ2) is 14.0. The van der Waals surface area contributed by atoms with Crippen LogP contribution in [-0.2, 0) is 0 Å². The highest BCUT2D eigenvalue weighted by molar-refractivity contribution is 9.15. The zero-order valence-corrected chi connectivity index (χ0v) is 30.9. The molecule has 5 rings (SSSR count). The number of halogens is 6. The van der Waals surface area contributed by atoms with Gasteiger partial charge in [-0.15, -0.1) is 0 Å². The fourth-order valence-corrected chi connectivity index (χ4v) is 7.39. The van der Waals surface area contributed by atoms with Gasteiger partial charge in [0.15, 0.2) is 5.78 Å². The number of Topliss-reactive ketones (excluding diaryl/α,β-unsaturated/α-hetero) is 1. The van der Waals surface area contributed by atoms with Crippen molar-refractivity contribution in [1.29, 1.82) is 0 Å². The molecule has 3 amide bonds. The van der Waals surface area contributed by atoms with Gasteiger partial charge in [-0.1, -0.05) is 29.3 Å². The number of hydrogen-bond donors (Lipinski definition) is 0. The predicted molar refractivity (Wildman–Crippen MR) is 184 cm³/mol. The molecule has 0 saturated heterocycles. The molecule has 4 aromatic carbocycles. The average molecular weight is 919 g/mol. The van der Waals surface area contributed by atoms with Gasteiger partial charge in [-0.2, -0.15) is 5.01 Å². The first kappa shape index (κ1) is 34.3. The monoisotopic (exact) mass is 914 g/mol. The highest BCUT2D eigenvalue weighted by Gasteiger charge is 2.46. The Balaban J connectivity index is 1.46. The molecule has 0 unspecified atom stereocenters. The number of hydrogen-bond acceptors (Lipinski definition) is 7. The third-order valence-corrected chi connectivity index (χ3v) is 12.0. The van der Waals surface area contributed by atoms with Crippen LogP contribution in [0.5, 0.6) is 11.5 Å². The van der Waals surface area contributed by atoms with Crippen LogP contribution in [0, 0.1) is 0 Å². The Morgan fingerprint density at radius 2 is 1.37 bits per heavy atom. The molecule has 46 heavy (non-hydrogen) atoms. The topological polar surface area (TPSA) is 110 Å². The van der Waals surface area contributed by atoms with Crippen LogP contribution in [-0.4, -0.2) is 53.1 Å². The Bertz CT molecular complexity index is 1920. The number of rotatable bonds is 8. The van der Waals surface area contributed by atoms with Gasteiger partial charge in [-0.05, 0) is 124 Å². The van der Waals surface area contributed by atoms with Gasteiger partial charge in [0.05, 0.1) is 34.4 Å². The minimum atomic E-state index is -0.904.